The number of ether oxygens (including phenoxy) is 1. The fourth-order valence-corrected chi connectivity index (χ4v) is 2.56. The summed E-state index contributed by atoms with van der Waals surface area (Å²) in [5.41, 5.74) is 1.84. The van der Waals surface area contributed by atoms with Crippen LogP contribution < -0.4 is 4.74 Å². The summed E-state index contributed by atoms with van der Waals surface area (Å²) in [5, 5.41) is 1.75. The molecule has 0 aliphatic rings. The molecule has 4 aromatic rings. The first kappa shape index (κ1) is 13.6. The van der Waals surface area contributed by atoms with Crippen LogP contribution in [0.1, 0.15) is 5.69 Å². The quantitative estimate of drug-likeness (QED) is 0.521. The van der Waals surface area contributed by atoms with Crippen LogP contribution in [0.25, 0.3) is 21.8 Å². The smallest absolute Gasteiger partial charge is 0.219 e. The first-order valence-corrected chi connectivity index (χ1v) is 7.30. The van der Waals surface area contributed by atoms with Crippen molar-refractivity contribution in [1.29, 1.82) is 0 Å². The number of fused-ring (bicyclic) bond motifs is 2. The van der Waals surface area contributed by atoms with Gasteiger partial charge in [-0.15, -0.1) is 0 Å². The molecule has 0 spiro atoms. The number of aryl methyl sites for hydroxylation is 1. The van der Waals surface area contributed by atoms with E-state index in [-0.39, 0.29) is 5.82 Å². The second kappa shape index (κ2) is 5.32. The lowest BCUT2D eigenvalue weighted by Crippen LogP contribution is -1.95. The Morgan fingerprint density at radius 2 is 1.70 bits per heavy atom. The van der Waals surface area contributed by atoms with Crippen molar-refractivity contribution in [3.63, 3.8) is 0 Å². The van der Waals surface area contributed by atoms with Crippen LogP contribution in [0.3, 0.4) is 0 Å². The number of rotatable bonds is 2. The van der Waals surface area contributed by atoms with Crippen molar-refractivity contribution in [2.24, 2.45) is 0 Å². The second-order valence-electron chi connectivity index (χ2n) is 5.33. The van der Waals surface area contributed by atoms with Gasteiger partial charge in [0.2, 0.25) is 5.88 Å². The minimum Gasteiger partial charge on any atom is -0.437 e. The van der Waals surface area contributed by atoms with Crippen molar-refractivity contribution in [1.82, 2.24) is 9.97 Å². The Balaban J connectivity index is 1.77. The molecule has 3 nitrogen and oxygen atoms in total. The average Bonchev–Trinajstić information content (AvgIpc) is 2.56. The van der Waals surface area contributed by atoms with Crippen LogP contribution in [0.5, 0.6) is 11.6 Å². The molecular formula is C19H13FN2O. The summed E-state index contributed by atoms with van der Waals surface area (Å²) >= 11 is 0. The molecule has 0 saturated carbocycles. The van der Waals surface area contributed by atoms with E-state index >= 15 is 0 Å². The van der Waals surface area contributed by atoms with Crippen LogP contribution in [0.15, 0.2) is 60.7 Å². The van der Waals surface area contributed by atoms with Crippen molar-refractivity contribution in [2.75, 3.05) is 0 Å². The fourth-order valence-electron chi connectivity index (χ4n) is 2.56. The number of pyridine rings is 2. The molecule has 0 bridgehead atoms. The zero-order valence-electron chi connectivity index (χ0n) is 12.5. The van der Waals surface area contributed by atoms with E-state index in [0.29, 0.717) is 28.2 Å². The Labute approximate surface area is 132 Å². The van der Waals surface area contributed by atoms with E-state index in [2.05, 4.69) is 9.97 Å². The highest BCUT2D eigenvalue weighted by Crippen LogP contribution is 2.28. The Kier molecular flexibility index (Phi) is 3.15. The van der Waals surface area contributed by atoms with E-state index in [1.807, 2.05) is 42.5 Å². The Morgan fingerprint density at radius 3 is 2.61 bits per heavy atom. The van der Waals surface area contributed by atoms with Gasteiger partial charge in [0.05, 0.1) is 11.2 Å². The number of halogens is 1. The third-order valence-corrected chi connectivity index (χ3v) is 3.73. The topological polar surface area (TPSA) is 35.0 Å². The minimum atomic E-state index is -0.332. The van der Waals surface area contributed by atoms with Crippen molar-refractivity contribution in [3.8, 4) is 11.6 Å². The average molecular weight is 304 g/mol. The summed E-state index contributed by atoms with van der Waals surface area (Å²) in [5.74, 6) is 0.733. The number of aromatic nitrogens is 2. The lowest BCUT2D eigenvalue weighted by Gasteiger charge is -2.10. The highest BCUT2D eigenvalue weighted by Gasteiger charge is 2.09. The van der Waals surface area contributed by atoms with Crippen LogP contribution in [-0.2, 0) is 0 Å². The largest absolute Gasteiger partial charge is 0.437 e. The molecule has 4 heteroatoms. The van der Waals surface area contributed by atoms with Crippen LogP contribution in [0.4, 0.5) is 4.39 Å². The van der Waals surface area contributed by atoms with Crippen LogP contribution in [-0.4, -0.2) is 9.97 Å². The molecule has 4 rings (SSSR count). The van der Waals surface area contributed by atoms with E-state index < -0.39 is 0 Å². The van der Waals surface area contributed by atoms with Crippen LogP contribution in [0.2, 0.25) is 0 Å². The molecule has 0 fully saturated rings. The lowest BCUT2D eigenvalue weighted by molar-refractivity contribution is 0.459. The minimum absolute atomic E-state index is 0.332. The Hall–Kier alpha value is -3.01. The molecule has 2 aromatic carbocycles. The molecule has 0 aliphatic carbocycles. The van der Waals surface area contributed by atoms with Gasteiger partial charge < -0.3 is 4.74 Å². The highest BCUT2D eigenvalue weighted by molar-refractivity contribution is 5.81. The van der Waals surface area contributed by atoms with Gasteiger partial charge >= 0.3 is 0 Å². The van der Waals surface area contributed by atoms with Crippen molar-refractivity contribution in [2.45, 2.75) is 6.92 Å². The summed E-state index contributed by atoms with van der Waals surface area (Å²) < 4.78 is 19.7. The van der Waals surface area contributed by atoms with Gasteiger partial charge in [-0.25, -0.2) is 14.4 Å². The SMILES string of the molecule is Cc1nc2c(F)cccc2cc1Oc1ccc2ccccc2n1. The van der Waals surface area contributed by atoms with Gasteiger partial charge in [0, 0.05) is 16.8 Å². The Bertz CT molecular complexity index is 1030. The maximum atomic E-state index is 13.8. The summed E-state index contributed by atoms with van der Waals surface area (Å²) in [6.45, 7) is 1.79. The van der Waals surface area contributed by atoms with Gasteiger partial charge in [-0.05, 0) is 31.2 Å². The molecule has 2 aromatic heterocycles. The number of benzene rings is 2. The standard InChI is InChI=1S/C19H13FN2O/c1-12-17(11-14-6-4-7-15(20)19(14)21-12)23-18-10-9-13-5-2-3-8-16(13)22-18/h2-11H,1H3. The molecule has 0 atom stereocenters. The summed E-state index contributed by atoms with van der Waals surface area (Å²) in [7, 11) is 0. The van der Waals surface area contributed by atoms with E-state index in [1.165, 1.54) is 6.07 Å². The number of hydrogen-bond acceptors (Lipinski definition) is 3. The van der Waals surface area contributed by atoms with Gasteiger partial charge in [0.25, 0.3) is 0 Å². The summed E-state index contributed by atoms with van der Waals surface area (Å²) in [4.78, 5) is 8.79. The number of nitrogens with zero attached hydrogens (tertiary/aromatic N) is 2. The van der Waals surface area contributed by atoms with E-state index in [9.17, 15) is 4.39 Å². The summed E-state index contributed by atoms with van der Waals surface area (Å²) in [6.07, 6.45) is 0. The van der Waals surface area contributed by atoms with Gasteiger partial charge in [-0.2, -0.15) is 0 Å². The highest BCUT2D eigenvalue weighted by atomic mass is 19.1. The molecule has 0 saturated heterocycles. The fraction of sp³-hybridized carbons (Fsp3) is 0.0526. The lowest BCUT2D eigenvalue weighted by atomic mass is 10.2. The first-order chi connectivity index (χ1) is 11.2. The zero-order chi connectivity index (χ0) is 15.8. The van der Waals surface area contributed by atoms with Crippen LogP contribution >= 0.6 is 0 Å². The number of para-hydroxylation sites is 2. The molecular weight excluding hydrogens is 291 g/mol. The molecule has 0 amide bonds. The van der Waals surface area contributed by atoms with Gasteiger partial charge in [-0.3, -0.25) is 0 Å². The maximum absolute atomic E-state index is 13.8. The maximum Gasteiger partial charge on any atom is 0.219 e. The molecule has 0 aliphatic heterocycles. The monoisotopic (exact) mass is 304 g/mol. The first-order valence-electron chi connectivity index (χ1n) is 7.30. The molecule has 23 heavy (non-hydrogen) atoms. The zero-order valence-corrected chi connectivity index (χ0v) is 12.5. The van der Waals surface area contributed by atoms with Crippen molar-refractivity contribution < 1.29 is 9.13 Å². The number of hydrogen-bond donors (Lipinski definition) is 0. The third-order valence-electron chi connectivity index (χ3n) is 3.73. The predicted molar refractivity (Wildman–Crippen MR) is 88.3 cm³/mol. The molecule has 0 N–H and O–H groups in total. The molecule has 112 valence electrons. The van der Waals surface area contributed by atoms with Gasteiger partial charge in [0.15, 0.2) is 5.75 Å². The Morgan fingerprint density at radius 1 is 0.870 bits per heavy atom. The molecule has 0 unspecified atom stereocenters. The summed E-state index contributed by atoms with van der Waals surface area (Å²) in [6, 6.07) is 18.3. The predicted octanol–water partition coefficient (Wildman–Crippen LogP) is 5.02. The van der Waals surface area contributed by atoms with E-state index in [1.54, 1.807) is 19.1 Å². The molecule has 0 radical (unpaired) electrons. The van der Waals surface area contributed by atoms with Gasteiger partial charge in [0.1, 0.15) is 11.3 Å². The normalized spacial score (nSPS) is 11.0. The second-order valence-corrected chi connectivity index (χ2v) is 5.33. The van der Waals surface area contributed by atoms with Crippen molar-refractivity contribution >= 4 is 21.8 Å². The van der Waals surface area contributed by atoms with Crippen LogP contribution in [0, 0.1) is 12.7 Å². The van der Waals surface area contributed by atoms with E-state index in [4.69, 9.17) is 4.74 Å². The van der Waals surface area contributed by atoms with Gasteiger partial charge in [-0.1, -0.05) is 30.3 Å². The third kappa shape index (κ3) is 2.48. The van der Waals surface area contributed by atoms with Crippen molar-refractivity contribution in [3.05, 3.63) is 72.2 Å². The van der Waals surface area contributed by atoms with E-state index in [0.717, 1.165) is 10.9 Å². The molecule has 2 heterocycles.